The Morgan fingerprint density at radius 2 is 0.975 bits per heavy atom. The van der Waals surface area contributed by atoms with Crippen LogP contribution in [0.25, 0.3) is 5.57 Å². The van der Waals surface area contributed by atoms with Crippen LogP contribution in [0.15, 0.2) is 163 Å². The van der Waals surface area contributed by atoms with Crippen molar-refractivity contribution in [2.45, 2.75) is 5.41 Å². The normalized spacial score (nSPS) is 31.4. The van der Waals surface area contributed by atoms with E-state index < -0.39 is 0 Å². The highest BCUT2D eigenvalue weighted by Gasteiger charge is 2.69. The number of allylic oxidation sites excluding steroid dienone is 7. The second-order valence-electron chi connectivity index (χ2n) is 12.3. The number of benzene rings is 4. The van der Waals surface area contributed by atoms with Crippen molar-refractivity contribution in [1.82, 2.24) is 0 Å². The van der Waals surface area contributed by atoms with E-state index in [1.165, 1.54) is 27.8 Å². The molecule has 5 aliphatic carbocycles. The first-order chi connectivity index (χ1) is 19.9. The summed E-state index contributed by atoms with van der Waals surface area (Å²) in [5.41, 5.74) is 10.2. The molecule has 7 unspecified atom stereocenters. The van der Waals surface area contributed by atoms with E-state index in [4.69, 9.17) is 0 Å². The van der Waals surface area contributed by atoms with Gasteiger partial charge in [-0.3, -0.25) is 0 Å². The second kappa shape index (κ2) is 8.42. The molecule has 0 heteroatoms. The zero-order valence-electron chi connectivity index (χ0n) is 22.5. The monoisotopic (exact) mass is 512 g/mol. The van der Waals surface area contributed by atoms with Gasteiger partial charge in [0.25, 0.3) is 0 Å². The second-order valence-corrected chi connectivity index (χ2v) is 12.3. The molecule has 0 saturated heterocycles. The molecule has 40 heavy (non-hydrogen) atoms. The van der Waals surface area contributed by atoms with Crippen LogP contribution in [-0.4, -0.2) is 0 Å². The third-order valence-corrected chi connectivity index (χ3v) is 10.8. The number of hydrogen-bond donors (Lipinski definition) is 0. The molecule has 4 aromatic carbocycles. The van der Waals surface area contributed by atoms with Crippen molar-refractivity contribution in [3.63, 3.8) is 0 Å². The van der Waals surface area contributed by atoms with Crippen LogP contribution in [0.4, 0.5) is 0 Å². The zero-order valence-corrected chi connectivity index (χ0v) is 22.5. The molecule has 2 fully saturated rings. The van der Waals surface area contributed by atoms with Gasteiger partial charge in [0.2, 0.25) is 0 Å². The van der Waals surface area contributed by atoms with E-state index in [1.807, 2.05) is 0 Å². The van der Waals surface area contributed by atoms with Crippen LogP contribution in [0.5, 0.6) is 0 Å². The highest BCUT2D eigenvalue weighted by Crippen LogP contribution is 2.74. The SMILES string of the molecule is C1=CC2C1C=C1C2C2C(=C(c3ccccc3)c3ccccc3)C(C3C=CC32)C1(c1ccccc1)c1ccccc1. The number of hydrogen-bond acceptors (Lipinski definition) is 0. The van der Waals surface area contributed by atoms with Gasteiger partial charge in [0.1, 0.15) is 0 Å². The maximum Gasteiger partial charge on any atom is 0.0485 e. The lowest BCUT2D eigenvalue weighted by Gasteiger charge is -2.52. The molecule has 9 rings (SSSR count). The largest absolute Gasteiger partial charge is 0.0839 e. The van der Waals surface area contributed by atoms with E-state index >= 15 is 0 Å². The fraction of sp³-hybridized carbons (Fsp3) is 0.200. The molecule has 0 aromatic heterocycles. The smallest absolute Gasteiger partial charge is 0.0485 e. The molecule has 0 N–H and O–H groups in total. The molecule has 0 radical (unpaired) electrons. The predicted molar refractivity (Wildman–Crippen MR) is 163 cm³/mol. The van der Waals surface area contributed by atoms with Crippen LogP contribution in [-0.2, 0) is 5.41 Å². The van der Waals surface area contributed by atoms with E-state index in [0.29, 0.717) is 41.4 Å². The summed E-state index contributed by atoms with van der Waals surface area (Å²) in [6.45, 7) is 0. The standard InChI is InChI=1S/C40H32/c1-5-13-26(14-6-1)35(27-15-7-2-8-16-27)38-37-32-23-24-33(32)39(38)40(29-17-9-3-10-18-29,30-19-11-4-12-20-30)34-25-28-21-22-31(28)36(34)37/h1-25,28,31-33,36-37,39H. The summed E-state index contributed by atoms with van der Waals surface area (Å²) in [5.74, 6) is 3.71. The van der Waals surface area contributed by atoms with Gasteiger partial charge in [0.05, 0.1) is 0 Å². The Labute approximate surface area is 237 Å². The van der Waals surface area contributed by atoms with Gasteiger partial charge < -0.3 is 0 Å². The molecule has 0 aliphatic heterocycles. The minimum absolute atomic E-state index is 0.197. The summed E-state index contributed by atoms with van der Waals surface area (Å²) >= 11 is 0. The third-order valence-electron chi connectivity index (χ3n) is 10.8. The molecule has 192 valence electrons. The molecular formula is C40H32. The molecule has 0 amide bonds. The lowest BCUT2D eigenvalue weighted by Crippen LogP contribution is -2.47. The molecule has 0 nitrogen and oxygen atoms in total. The zero-order chi connectivity index (χ0) is 26.3. The molecule has 5 aliphatic rings. The van der Waals surface area contributed by atoms with Crippen LogP contribution in [0.2, 0.25) is 0 Å². The van der Waals surface area contributed by atoms with Crippen LogP contribution < -0.4 is 0 Å². The predicted octanol–water partition coefficient (Wildman–Crippen LogP) is 8.90. The summed E-state index contributed by atoms with van der Waals surface area (Å²) in [6.07, 6.45) is 12.8. The van der Waals surface area contributed by atoms with Crippen molar-refractivity contribution >= 4 is 5.57 Å². The Morgan fingerprint density at radius 1 is 0.475 bits per heavy atom. The Hall–Kier alpha value is -4.16. The maximum absolute atomic E-state index is 2.70. The van der Waals surface area contributed by atoms with Gasteiger partial charge >= 0.3 is 0 Å². The van der Waals surface area contributed by atoms with Crippen molar-refractivity contribution < 1.29 is 0 Å². The molecular weight excluding hydrogens is 480 g/mol. The van der Waals surface area contributed by atoms with E-state index in [2.05, 4.69) is 152 Å². The van der Waals surface area contributed by atoms with Crippen LogP contribution in [0, 0.1) is 41.4 Å². The van der Waals surface area contributed by atoms with E-state index in [9.17, 15) is 0 Å². The third kappa shape index (κ3) is 2.82. The topological polar surface area (TPSA) is 0 Å². The van der Waals surface area contributed by atoms with Gasteiger partial charge in [-0.1, -0.05) is 163 Å². The van der Waals surface area contributed by atoms with Gasteiger partial charge in [-0.2, -0.15) is 0 Å². The van der Waals surface area contributed by atoms with E-state index in [-0.39, 0.29) is 5.41 Å². The Morgan fingerprint density at radius 3 is 1.45 bits per heavy atom. The molecule has 2 saturated carbocycles. The van der Waals surface area contributed by atoms with E-state index in [1.54, 1.807) is 11.1 Å². The Balaban J connectivity index is 1.45. The Bertz CT molecular complexity index is 1620. The maximum atomic E-state index is 2.70. The lowest BCUT2D eigenvalue weighted by molar-refractivity contribution is 0.254. The molecule has 0 spiro atoms. The van der Waals surface area contributed by atoms with Gasteiger partial charge in [-0.25, -0.2) is 0 Å². The van der Waals surface area contributed by atoms with Crippen molar-refractivity contribution in [2.75, 3.05) is 0 Å². The van der Waals surface area contributed by atoms with Crippen LogP contribution in [0.1, 0.15) is 22.3 Å². The fourth-order valence-electron chi connectivity index (χ4n) is 9.36. The molecule has 0 heterocycles. The summed E-state index contributed by atoms with van der Waals surface area (Å²) in [6, 6.07) is 45.5. The number of fused-ring (bicyclic) bond motifs is 9. The summed E-state index contributed by atoms with van der Waals surface area (Å²) in [5, 5.41) is 0. The van der Waals surface area contributed by atoms with Crippen molar-refractivity contribution in [1.29, 1.82) is 0 Å². The van der Waals surface area contributed by atoms with Crippen LogP contribution in [0.3, 0.4) is 0 Å². The van der Waals surface area contributed by atoms with Gasteiger partial charge in [-0.15, -0.1) is 0 Å². The Kier molecular flexibility index (Phi) is 4.76. The minimum Gasteiger partial charge on any atom is -0.0839 e. The molecule has 2 bridgehead atoms. The average molecular weight is 513 g/mol. The average Bonchev–Trinajstić information content (AvgIpc) is 3.35. The molecule has 7 atom stereocenters. The van der Waals surface area contributed by atoms with Crippen molar-refractivity contribution in [2.24, 2.45) is 41.4 Å². The van der Waals surface area contributed by atoms with E-state index in [0.717, 1.165) is 0 Å². The lowest BCUT2D eigenvalue weighted by atomic mass is 9.50. The first-order valence-electron chi connectivity index (χ1n) is 14.9. The quantitative estimate of drug-likeness (QED) is 0.240. The minimum atomic E-state index is -0.197. The van der Waals surface area contributed by atoms with Gasteiger partial charge in [0.15, 0.2) is 0 Å². The van der Waals surface area contributed by atoms with Crippen molar-refractivity contribution in [3.05, 3.63) is 185 Å². The van der Waals surface area contributed by atoms with Gasteiger partial charge in [0, 0.05) is 17.3 Å². The number of rotatable bonds is 4. The van der Waals surface area contributed by atoms with Gasteiger partial charge in [-0.05, 0) is 57.4 Å². The first kappa shape index (κ1) is 22.6. The summed E-state index contributed by atoms with van der Waals surface area (Å²) in [7, 11) is 0. The summed E-state index contributed by atoms with van der Waals surface area (Å²) in [4.78, 5) is 0. The highest BCUT2D eigenvalue weighted by molar-refractivity contribution is 5.85. The first-order valence-corrected chi connectivity index (χ1v) is 14.9. The van der Waals surface area contributed by atoms with Crippen molar-refractivity contribution in [3.8, 4) is 0 Å². The fourth-order valence-corrected chi connectivity index (χ4v) is 9.36. The summed E-state index contributed by atoms with van der Waals surface area (Å²) < 4.78 is 0. The van der Waals surface area contributed by atoms with Crippen LogP contribution >= 0.6 is 0 Å². The highest BCUT2D eigenvalue weighted by atomic mass is 14.7. The molecule has 4 aromatic rings.